The van der Waals surface area contributed by atoms with Gasteiger partial charge in [-0.05, 0) is 18.6 Å². The highest BCUT2D eigenvalue weighted by atomic mass is 15.5. The predicted octanol–water partition coefficient (Wildman–Crippen LogP) is 1.33. The molecule has 3 N–H and O–H groups in total. The van der Waals surface area contributed by atoms with Crippen LogP contribution in [-0.2, 0) is 0 Å². The molecule has 0 radical (unpaired) electrons. The van der Waals surface area contributed by atoms with Crippen molar-refractivity contribution in [2.75, 3.05) is 18.5 Å². The van der Waals surface area contributed by atoms with Crippen molar-refractivity contribution in [2.45, 2.75) is 6.92 Å². The highest BCUT2D eigenvalue weighted by Gasteiger charge is 2.07. The monoisotopic (exact) mass is 268 g/mol. The lowest BCUT2D eigenvalue weighted by molar-refractivity contribution is 0.924. The minimum absolute atomic E-state index is 0.695. The Morgan fingerprint density at radius 3 is 2.65 bits per heavy atom. The number of rotatable bonds is 3. The van der Waals surface area contributed by atoms with Gasteiger partial charge in [-0.25, -0.2) is 0 Å². The Balaban J connectivity index is 1.74. The van der Waals surface area contributed by atoms with Crippen molar-refractivity contribution in [1.29, 1.82) is 0 Å². The number of benzene rings is 1. The van der Waals surface area contributed by atoms with Crippen molar-refractivity contribution in [3.05, 3.63) is 42.0 Å². The molecule has 1 aliphatic heterocycles. The Morgan fingerprint density at radius 1 is 1.10 bits per heavy atom. The van der Waals surface area contributed by atoms with Crippen LogP contribution in [0.1, 0.15) is 5.56 Å². The maximum atomic E-state index is 4.24. The average Bonchev–Trinajstić information content (AvgIpc) is 3.00. The van der Waals surface area contributed by atoms with E-state index in [9.17, 15) is 0 Å². The van der Waals surface area contributed by atoms with Crippen molar-refractivity contribution < 1.29 is 0 Å². The van der Waals surface area contributed by atoms with E-state index in [-0.39, 0.29) is 0 Å². The van der Waals surface area contributed by atoms with Gasteiger partial charge in [0.1, 0.15) is 0 Å². The summed E-state index contributed by atoms with van der Waals surface area (Å²) in [5.74, 6) is 1.43. The lowest BCUT2D eigenvalue weighted by Gasteiger charge is -2.11. The maximum Gasteiger partial charge on any atom is 0.210 e. The first kappa shape index (κ1) is 12.4. The minimum Gasteiger partial charge on any atom is -0.353 e. The van der Waals surface area contributed by atoms with E-state index in [2.05, 4.69) is 31.4 Å². The molecule has 0 fully saturated rings. The molecule has 6 nitrogen and oxygen atoms in total. The van der Waals surface area contributed by atoms with Gasteiger partial charge in [-0.3, -0.25) is 15.8 Å². The number of hydrogen-bond donors (Lipinski definition) is 3. The van der Waals surface area contributed by atoms with Crippen molar-refractivity contribution in [3.8, 4) is 11.3 Å². The number of guanidine groups is 1. The van der Waals surface area contributed by atoms with Crippen LogP contribution in [0.5, 0.6) is 0 Å². The van der Waals surface area contributed by atoms with Gasteiger partial charge in [-0.2, -0.15) is 0 Å². The lowest BCUT2D eigenvalue weighted by Crippen LogP contribution is -2.38. The number of nitrogens with one attached hydrogen (secondary N) is 3. The number of aliphatic imine (C=N–C) groups is 1. The molecule has 0 aliphatic carbocycles. The molecule has 1 aromatic carbocycles. The zero-order valence-electron chi connectivity index (χ0n) is 11.2. The van der Waals surface area contributed by atoms with Gasteiger partial charge in [0.15, 0.2) is 5.82 Å². The van der Waals surface area contributed by atoms with E-state index in [4.69, 9.17) is 0 Å². The Kier molecular flexibility index (Phi) is 3.45. The molecule has 0 atom stereocenters. The predicted molar refractivity (Wildman–Crippen MR) is 79.3 cm³/mol. The summed E-state index contributed by atoms with van der Waals surface area (Å²) in [6.45, 7) is 3.65. The van der Waals surface area contributed by atoms with Crippen LogP contribution in [0.15, 0.2) is 41.4 Å². The van der Waals surface area contributed by atoms with Crippen LogP contribution in [0.3, 0.4) is 0 Å². The summed E-state index contributed by atoms with van der Waals surface area (Å²) in [6.07, 6.45) is 0. The van der Waals surface area contributed by atoms with Crippen LogP contribution in [0.2, 0.25) is 0 Å². The minimum atomic E-state index is 0.695. The lowest BCUT2D eigenvalue weighted by atomic mass is 10.1. The van der Waals surface area contributed by atoms with Crippen molar-refractivity contribution in [3.63, 3.8) is 0 Å². The van der Waals surface area contributed by atoms with Gasteiger partial charge < -0.3 is 5.32 Å². The number of anilines is 1. The molecule has 20 heavy (non-hydrogen) atoms. The van der Waals surface area contributed by atoms with Gasteiger partial charge in [0, 0.05) is 12.1 Å². The van der Waals surface area contributed by atoms with E-state index in [1.807, 2.05) is 43.3 Å². The zero-order chi connectivity index (χ0) is 13.8. The zero-order valence-corrected chi connectivity index (χ0v) is 11.2. The van der Waals surface area contributed by atoms with E-state index in [0.29, 0.717) is 5.82 Å². The third-order valence-electron chi connectivity index (χ3n) is 3.03. The third kappa shape index (κ3) is 2.69. The van der Waals surface area contributed by atoms with Gasteiger partial charge in [0.2, 0.25) is 5.96 Å². The summed E-state index contributed by atoms with van der Waals surface area (Å²) in [4.78, 5) is 4.23. The summed E-state index contributed by atoms with van der Waals surface area (Å²) in [5, 5.41) is 11.6. The quantitative estimate of drug-likeness (QED) is 0.732. The van der Waals surface area contributed by atoms with Crippen molar-refractivity contribution in [2.24, 2.45) is 4.99 Å². The van der Waals surface area contributed by atoms with Crippen LogP contribution in [0.25, 0.3) is 11.3 Å². The Morgan fingerprint density at radius 2 is 1.95 bits per heavy atom. The summed E-state index contributed by atoms with van der Waals surface area (Å²) in [5.41, 5.74) is 8.94. The normalized spacial score (nSPS) is 13.6. The van der Waals surface area contributed by atoms with E-state index in [1.165, 1.54) is 0 Å². The molecular weight excluding hydrogens is 252 g/mol. The third-order valence-corrected chi connectivity index (χ3v) is 3.03. The molecule has 102 valence electrons. The fraction of sp³-hybridized carbons (Fsp3) is 0.214. The van der Waals surface area contributed by atoms with Gasteiger partial charge in [-0.1, -0.05) is 30.3 Å². The molecule has 2 aromatic rings. The highest BCUT2D eigenvalue weighted by molar-refractivity contribution is 5.82. The fourth-order valence-electron chi connectivity index (χ4n) is 1.96. The second kappa shape index (κ2) is 5.56. The first-order valence-electron chi connectivity index (χ1n) is 6.53. The summed E-state index contributed by atoms with van der Waals surface area (Å²) >= 11 is 0. The molecule has 0 saturated heterocycles. The molecule has 0 unspecified atom stereocenters. The van der Waals surface area contributed by atoms with Crippen molar-refractivity contribution >= 4 is 11.8 Å². The number of aromatic nitrogens is 2. The molecular formula is C14H16N6. The molecule has 1 aliphatic rings. The topological polar surface area (TPSA) is 74.2 Å². The van der Waals surface area contributed by atoms with Crippen LogP contribution in [0.4, 0.5) is 5.82 Å². The standard InChI is InChI=1S/C14H16N6/c1-10-9-12(11-5-3-2-4-6-11)17-18-13(10)19-20-14-15-7-8-16-14/h2-6,9H,7-8H2,1H3,(H,18,19)(H2,15,16,20). The Bertz CT molecular complexity index is 623. The molecule has 1 aromatic heterocycles. The van der Waals surface area contributed by atoms with E-state index in [0.717, 1.165) is 35.9 Å². The van der Waals surface area contributed by atoms with Gasteiger partial charge in [0.25, 0.3) is 0 Å². The largest absolute Gasteiger partial charge is 0.353 e. The first-order chi connectivity index (χ1) is 9.83. The number of hydrogen-bond acceptors (Lipinski definition) is 6. The first-order valence-corrected chi connectivity index (χ1v) is 6.53. The molecule has 3 rings (SSSR count). The molecule has 2 heterocycles. The molecule has 6 heteroatoms. The molecule has 0 spiro atoms. The molecule has 0 amide bonds. The van der Waals surface area contributed by atoms with E-state index < -0.39 is 0 Å². The fourth-order valence-corrected chi connectivity index (χ4v) is 1.96. The number of nitrogens with zero attached hydrogens (tertiary/aromatic N) is 3. The second-order valence-electron chi connectivity index (χ2n) is 4.53. The van der Waals surface area contributed by atoms with Crippen LogP contribution in [0, 0.1) is 6.92 Å². The van der Waals surface area contributed by atoms with Gasteiger partial charge in [-0.15, -0.1) is 10.2 Å². The number of hydrazine groups is 1. The smallest absolute Gasteiger partial charge is 0.210 e. The highest BCUT2D eigenvalue weighted by Crippen LogP contribution is 2.19. The summed E-state index contributed by atoms with van der Waals surface area (Å²) in [6, 6.07) is 12.0. The second-order valence-corrected chi connectivity index (χ2v) is 4.53. The van der Waals surface area contributed by atoms with Gasteiger partial charge in [0.05, 0.1) is 12.2 Å². The van der Waals surface area contributed by atoms with Crippen LogP contribution >= 0.6 is 0 Å². The van der Waals surface area contributed by atoms with Crippen molar-refractivity contribution in [1.82, 2.24) is 20.9 Å². The SMILES string of the molecule is Cc1cc(-c2ccccc2)nnc1NNC1=NCCN1. The summed E-state index contributed by atoms with van der Waals surface area (Å²) in [7, 11) is 0. The van der Waals surface area contributed by atoms with Crippen LogP contribution < -0.4 is 16.2 Å². The van der Waals surface area contributed by atoms with E-state index >= 15 is 0 Å². The number of aryl methyl sites for hydroxylation is 1. The van der Waals surface area contributed by atoms with Gasteiger partial charge >= 0.3 is 0 Å². The molecule has 0 saturated carbocycles. The Hall–Kier alpha value is -2.63. The van der Waals surface area contributed by atoms with E-state index in [1.54, 1.807) is 0 Å². The Labute approximate surface area is 117 Å². The molecule has 0 bridgehead atoms. The summed E-state index contributed by atoms with van der Waals surface area (Å²) < 4.78 is 0. The average molecular weight is 268 g/mol. The maximum absolute atomic E-state index is 4.24. The van der Waals surface area contributed by atoms with Crippen LogP contribution in [-0.4, -0.2) is 29.2 Å².